The fourth-order valence-electron chi connectivity index (χ4n) is 1.89. The number of oxazole rings is 1. The van der Waals surface area contributed by atoms with Crippen molar-refractivity contribution in [1.82, 2.24) is 9.88 Å². The van der Waals surface area contributed by atoms with Crippen LogP contribution in [0.25, 0.3) is 0 Å². The maximum Gasteiger partial charge on any atom is 0.230 e. The van der Waals surface area contributed by atoms with Gasteiger partial charge in [-0.05, 0) is 19.8 Å². The Kier molecular flexibility index (Phi) is 5.19. The van der Waals surface area contributed by atoms with Crippen molar-refractivity contribution in [3.63, 3.8) is 0 Å². The van der Waals surface area contributed by atoms with Gasteiger partial charge in [0, 0.05) is 20.0 Å². The zero-order valence-corrected chi connectivity index (χ0v) is 11.2. The molecule has 0 atom stereocenters. The maximum atomic E-state index is 12.1. The van der Waals surface area contributed by atoms with Crippen molar-refractivity contribution in [3.05, 3.63) is 17.3 Å². The second-order valence-electron chi connectivity index (χ2n) is 4.30. The zero-order chi connectivity index (χ0) is 12.8. The molecule has 4 nitrogen and oxygen atoms in total. The van der Waals surface area contributed by atoms with Gasteiger partial charge in [0.05, 0.1) is 12.1 Å². The van der Waals surface area contributed by atoms with E-state index in [2.05, 4.69) is 18.8 Å². The molecule has 17 heavy (non-hydrogen) atoms. The van der Waals surface area contributed by atoms with Crippen LogP contribution in [0.4, 0.5) is 0 Å². The molecule has 1 aromatic rings. The lowest BCUT2D eigenvalue weighted by Gasteiger charge is -2.20. The number of aromatic nitrogens is 1. The second kappa shape index (κ2) is 6.42. The van der Waals surface area contributed by atoms with Gasteiger partial charge in [-0.3, -0.25) is 4.79 Å². The molecule has 0 aliphatic rings. The first-order valence-corrected chi connectivity index (χ1v) is 6.29. The average molecular weight is 238 g/mol. The van der Waals surface area contributed by atoms with Gasteiger partial charge in [-0.2, -0.15) is 0 Å². The van der Waals surface area contributed by atoms with E-state index in [4.69, 9.17) is 4.42 Å². The highest BCUT2D eigenvalue weighted by Crippen LogP contribution is 2.11. The summed E-state index contributed by atoms with van der Waals surface area (Å²) in [7, 11) is 0. The van der Waals surface area contributed by atoms with Crippen LogP contribution in [0.15, 0.2) is 4.42 Å². The van der Waals surface area contributed by atoms with Crippen LogP contribution in [0.1, 0.15) is 44.0 Å². The first kappa shape index (κ1) is 13.7. The molecule has 4 heteroatoms. The van der Waals surface area contributed by atoms with Gasteiger partial charge in [0.25, 0.3) is 0 Å². The van der Waals surface area contributed by atoms with E-state index in [1.54, 1.807) is 6.92 Å². The molecule has 1 aromatic heterocycles. The van der Waals surface area contributed by atoms with Gasteiger partial charge >= 0.3 is 0 Å². The van der Waals surface area contributed by atoms with Crippen LogP contribution < -0.4 is 0 Å². The van der Waals surface area contributed by atoms with Crippen molar-refractivity contribution in [1.29, 1.82) is 0 Å². The van der Waals surface area contributed by atoms with Gasteiger partial charge in [0.15, 0.2) is 5.89 Å². The summed E-state index contributed by atoms with van der Waals surface area (Å²) in [4.78, 5) is 18.2. The average Bonchev–Trinajstić information content (AvgIpc) is 2.57. The minimum Gasteiger partial charge on any atom is -0.445 e. The van der Waals surface area contributed by atoms with Crippen molar-refractivity contribution >= 4 is 5.91 Å². The van der Waals surface area contributed by atoms with Crippen molar-refractivity contribution < 1.29 is 9.21 Å². The minimum atomic E-state index is 0.132. The summed E-state index contributed by atoms with van der Waals surface area (Å²) >= 11 is 0. The van der Waals surface area contributed by atoms with E-state index in [1.165, 1.54) is 0 Å². The number of carbonyl (C=O) groups excluding carboxylic acids is 1. The van der Waals surface area contributed by atoms with Gasteiger partial charge < -0.3 is 9.32 Å². The summed E-state index contributed by atoms with van der Waals surface area (Å²) in [5.41, 5.74) is 0.823. The zero-order valence-electron chi connectivity index (χ0n) is 11.2. The van der Waals surface area contributed by atoms with Crippen molar-refractivity contribution in [2.75, 3.05) is 13.1 Å². The molecule has 0 saturated carbocycles. The number of hydrogen-bond donors (Lipinski definition) is 0. The molecule has 0 spiro atoms. The van der Waals surface area contributed by atoms with E-state index >= 15 is 0 Å². The first-order valence-electron chi connectivity index (χ1n) is 6.29. The largest absolute Gasteiger partial charge is 0.445 e. The number of rotatable bonds is 6. The number of nitrogens with zero attached hydrogens (tertiary/aromatic N) is 2. The number of hydrogen-bond acceptors (Lipinski definition) is 3. The standard InChI is InChI=1S/C13H22N2O2/c1-5-7-15(8-6-2)13(16)9-12-10(3)14-11(4)17-12/h5-9H2,1-4H3. The molecular weight excluding hydrogens is 216 g/mol. The lowest BCUT2D eigenvalue weighted by Crippen LogP contribution is -2.33. The summed E-state index contributed by atoms with van der Waals surface area (Å²) in [6.45, 7) is 9.48. The Hall–Kier alpha value is -1.32. The summed E-state index contributed by atoms with van der Waals surface area (Å²) in [5.74, 6) is 1.46. The maximum absolute atomic E-state index is 12.1. The molecule has 1 heterocycles. The van der Waals surface area contributed by atoms with Crippen LogP contribution in [0.3, 0.4) is 0 Å². The highest BCUT2D eigenvalue weighted by molar-refractivity contribution is 5.78. The van der Waals surface area contributed by atoms with Crippen LogP contribution in [0.2, 0.25) is 0 Å². The van der Waals surface area contributed by atoms with Crippen LogP contribution in [-0.4, -0.2) is 28.9 Å². The molecule has 0 radical (unpaired) electrons. The van der Waals surface area contributed by atoms with Crippen molar-refractivity contribution in [2.45, 2.75) is 47.0 Å². The molecule has 0 unspecified atom stereocenters. The summed E-state index contributed by atoms with van der Waals surface area (Å²) < 4.78 is 5.43. The molecular formula is C13H22N2O2. The summed E-state index contributed by atoms with van der Waals surface area (Å²) in [5, 5.41) is 0. The lowest BCUT2D eigenvalue weighted by molar-refractivity contribution is -0.130. The molecule has 0 aromatic carbocycles. The molecule has 0 aliphatic carbocycles. The van der Waals surface area contributed by atoms with E-state index in [-0.39, 0.29) is 5.91 Å². The highest BCUT2D eigenvalue weighted by Gasteiger charge is 2.16. The van der Waals surface area contributed by atoms with Gasteiger partial charge in [-0.25, -0.2) is 4.98 Å². The Morgan fingerprint density at radius 2 is 1.82 bits per heavy atom. The Morgan fingerprint density at radius 3 is 2.24 bits per heavy atom. The summed E-state index contributed by atoms with van der Waals surface area (Å²) in [6.07, 6.45) is 2.30. The smallest absolute Gasteiger partial charge is 0.230 e. The second-order valence-corrected chi connectivity index (χ2v) is 4.30. The number of carbonyl (C=O) groups is 1. The van der Waals surface area contributed by atoms with E-state index in [0.717, 1.165) is 31.6 Å². The molecule has 0 fully saturated rings. The minimum absolute atomic E-state index is 0.132. The van der Waals surface area contributed by atoms with Crippen molar-refractivity contribution in [3.8, 4) is 0 Å². The first-order chi connectivity index (χ1) is 8.08. The topological polar surface area (TPSA) is 46.3 Å². The Balaban J connectivity index is 2.65. The van der Waals surface area contributed by atoms with Crippen LogP contribution in [-0.2, 0) is 11.2 Å². The molecule has 1 amide bonds. The molecule has 0 aliphatic heterocycles. The molecule has 96 valence electrons. The van der Waals surface area contributed by atoms with E-state index in [1.807, 2.05) is 11.8 Å². The Bertz CT molecular complexity index is 365. The third kappa shape index (κ3) is 3.88. The SMILES string of the molecule is CCCN(CCC)C(=O)Cc1oc(C)nc1C. The fourth-order valence-corrected chi connectivity index (χ4v) is 1.89. The number of aryl methyl sites for hydroxylation is 2. The lowest BCUT2D eigenvalue weighted by atomic mass is 10.2. The normalized spacial score (nSPS) is 10.6. The summed E-state index contributed by atoms with van der Waals surface area (Å²) in [6, 6.07) is 0. The van der Waals surface area contributed by atoms with Crippen molar-refractivity contribution in [2.24, 2.45) is 0 Å². The van der Waals surface area contributed by atoms with E-state index < -0.39 is 0 Å². The third-order valence-electron chi connectivity index (χ3n) is 2.65. The van der Waals surface area contributed by atoms with Gasteiger partial charge in [-0.1, -0.05) is 13.8 Å². The quantitative estimate of drug-likeness (QED) is 0.765. The fraction of sp³-hybridized carbons (Fsp3) is 0.692. The van der Waals surface area contributed by atoms with Gasteiger partial charge in [-0.15, -0.1) is 0 Å². The third-order valence-corrected chi connectivity index (χ3v) is 2.65. The predicted molar refractivity (Wildman–Crippen MR) is 66.8 cm³/mol. The van der Waals surface area contributed by atoms with E-state index in [0.29, 0.717) is 18.1 Å². The molecule has 0 N–H and O–H groups in total. The van der Waals surface area contributed by atoms with Crippen LogP contribution >= 0.6 is 0 Å². The highest BCUT2D eigenvalue weighted by atomic mass is 16.4. The van der Waals surface area contributed by atoms with Crippen LogP contribution in [0, 0.1) is 13.8 Å². The molecule has 1 rings (SSSR count). The Morgan fingerprint density at radius 1 is 1.24 bits per heavy atom. The van der Waals surface area contributed by atoms with E-state index in [9.17, 15) is 4.79 Å². The molecule has 0 bridgehead atoms. The molecule has 0 saturated heterocycles. The number of amides is 1. The van der Waals surface area contributed by atoms with Gasteiger partial charge in [0.1, 0.15) is 5.76 Å². The Labute approximate surface area is 103 Å². The van der Waals surface area contributed by atoms with Gasteiger partial charge in [0.2, 0.25) is 5.91 Å². The monoisotopic (exact) mass is 238 g/mol. The van der Waals surface area contributed by atoms with Crippen LogP contribution in [0.5, 0.6) is 0 Å². The predicted octanol–water partition coefficient (Wildman–Crippen LogP) is 2.48.